The second-order valence-electron chi connectivity index (χ2n) is 6.29. The van der Waals surface area contributed by atoms with Crippen LogP contribution >= 0.6 is 12.2 Å². The quantitative estimate of drug-likeness (QED) is 0.803. The van der Waals surface area contributed by atoms with E-state index in [1.54, 1.807) is 12.4 Å². The first kappa shape index (κ1) is 15.9. The van der Waals surface area contributed by atoms with Crippen LogP contribution in [0.5, 0.6) is 0 Å². The summed E-state index contributed by atoms with van der Waals surface area (Å²) >= 11 is 5.53. The van der Waals surface area contributed by atoms with Crippen LogP contribution < -0.4 is 10.6 Å². The van der Waals surface area contributed by atoms with E-state index in [0.29, 0.717) is 5.11 Å². The molecule has 0 saturated heterocycles. The number of hydrogen-bond donors (Lipinski definition) is 2. The molecule has 0 atom stereocenters. The van der Waals surface area contributed by atoms with Gasteiger partial charge in [-0.15, -0.1) is 0 Å². The number of rotatable bonds is 5. The van der Waals surface area contributed by atoms with Crippen molar-refractivity contribution >= 4 is 23.0 Å². The summed E-state index contributed by atoms with van der Waals surface area (Å²) in [5, 5.41) is 7.56. The molecule has 0 amide bonds. The van der Waals surface area contributed by atoms with Crippen molar-refractivity contribution in [1.29, 1.82) is 0 Å². The average molecular weight is 325 g/mol. The Kier molecular flexibility index (Phi) is 5.23. The molecule has 0 aliphatic heterocycles. The van der Waals surface area contributed by atoms with Gasteiger partial charge in [0, 0.05) is 11.7 Å². The third kappa shape index (κ3) is 4.52. The van der Waals surface area contributed by atoms with Crippen LogP contribution in [0.4, 0.5) is 5.69 Å². The molecule has 2 N–H and O–H groups in total. The summed E-state index contributed by atoms with van der Waals surface area (Å²) in [6, 6.07) is 14.6. The fourth-order valence-corrected chi connectivity index (χ4v) is 3.69. The van der Waals surface area contributed by atoms with E-state index >= 15 is 0 Å². The van der Waals surface area contributed by atoms with Crippen LogP contribution in [0.2, 0.25) is 0 Å². The van der Waals surface area contributed by atoms with Gasteiger partial charge in [-0.1, -0.05) is 43.2 Å². The van der Waals surface area contributed by atoms with Crippen molar-refractivity contribution in [2.75, 3.05) is 5.32 Å². The Bertz CT molecular complexity index is 622. The molecule has 1 saturated carbocycles. The lowest BCUT2D eigenvalue weighted by molar-refractivity contribution is 0.362. The van der Waals surface area contributed by atoms with E-state index in [-0.39, 0.29) is 5.54 Å². The van der Waals surface area contributed by atoms with E-state index in [0.717, 1.165) is 18.5 Å². The fraction of sp³-hybridized carbons (Fsp3) is 0.368. The number of benzene rings is 1. The van der Waals surface area contributed by atoms with Crippen molar-refractivity contribution in [2.24, 2.45) is 0 Å². The minimum Gasteiger partial charge on any atom is -0.357 e. The van der Waals surface area contributed by atoms with E-state index in [9.17, 15) is 0 Å². The lowest BCUT2D eigenvalue weighted by Crippen LogP contribution is -2.48. The predicted molar refractivity (Wildman–Crippen MR) is 99.6 cm³/mol. The summed E-state index contributed by atoms with van der Waals surface area (Å²) in [6.45, 7) is 0. The van der Waals surface area contributed by atoms with Crippen LogP contribution in [0.1, 0.15) is 37.7 Å². The highest BCUT2D eigenvalue weighted by Gasteiger charge is 2.33. The Hall–Kier alpha value is -1.94. The number of nitrogens with one attached hydrogen (secondary N) is 2. The Balaban J connectivity index is 1.60. The molecule has 1 aromatic heterocycles. The van der Waals surface area contributed by atoms with Crippen molar-refractivity contribution in [3.05, 3.63) is 60.4 Å². The molecule has 1 heterocycles. The highest BCUT2D eigenvalue weighted by Crippen LogP contribution is 2.33. The molecule has 120 valence electrons. The summed E-state index contributed by atoms with van der Waals surface area (Å²) in [4.78, 5) is 4.11. The lowest BCUT2D eigenvalue weighted by Gasteiger charge is -2.32. The first-order valence-corrected chi connectivity index (χ1v) is 8.70. The minimum absolute atomic E-state index is 0.127. The lowest BCUT2D eigenvalue weighted by atomic mass is 9.89. The maximum absolute atomic E-state index is 5.53. The first-order valence-electron chi connectivity index (χ1n) is 8.29. The molecule has 1 aliphatic carbocycles. The number of aryl methyl sites for hydroxylation is 1. The summed E-state index contributed by atoms with van der Waals surface area (Å²) in [6.07, 6.45) is 10.7. The van der Waals surface area contributed by atoms with Crippen LogP contribution in [0.15, 0.2) is 54.9 Å². The van der Waals surface area contributed by atoms with Gasteiger partial charge >= 0.3 is 0 Å². The van der Waals surface area contributed by atoms with Crippen LogP contribution in [0, 0.1) is 0 Å². The first-order chi connectivity index (χ1) is 11.3. The smallest absolute Gasteiger partial charge is 0.171 e. The topological polar surface area (TPSA) is 37.0 Å². The standard InChI is InChI=1S/C19H23N3S/c23-18(21-17-9-6-14-20-15-17)22-19(11-4-5-12-19)13-10-16-7-2-1-3-8-16/h1-3,6-9,14-15H,4-5,10-13H2,(H2,21,22,23). The Labute approximate surface area is 143 Å². The van der Waals surface area contributed by atoms with Gasteiger partial charge in [0.25, 0.3) is 0 Å². The molecule has 0 spiro atoms. The van der Waals surface area contributed by atoms with Crippen LogP contribution in [-0.4, -0.2) is 15.6 Å². The van der Waals surface area contributed by atoms with Gasteiger partial charge in [-0.25, -0.2) is 0 Å². The second-order valence-corrected chi connectivity index (χ2v) is 6.70. The van der Waals surface area contributed by atoms with Gasteiger partial charge in [-0.3, -0.25) is 4.98 Å². The average Bonchev–Trinajstić information content (AvgIpc) is 3.03. The van der Waals surface area contributed by atoms with E-state index in [1.165, 1.54) is 31.2 Å². The monoisotopic (exact) mass is 325 g/mol. The Morgan fingerprint density at radius 2 is 1.87 bits per heavy atom. The zero-order valence-corrected chi connectivity index (χ0v) is 14.1. The molecule has 23 heavy (non-hydrogen) atoms. The molecular weight excluding hydrogens is 302 g/mol. The van der Waals surface area contributed by atoms with Gasteiger partial charge in [0.2, 0.25) is 0 Å². The third-order valence-corrected chi connectivity index (χ3v) is 4.80. The van der Waals surface area contributed by atoms with Gasteiger partial charge in [0.1, 0.15) is 0 Å². The van der Waals surface area contributed by atoms with Crippen LogP contribution in [-0.2, 0) is 6.42 Å². The van der Waals surface area contributed by atoms with Gasteiger partial charge in [-0.2, -0.15) is 0 Å². The molecule has 3 rings (SSSR count). The molecule has 0 unspecified atom stereocenters. The molecule has 0 radical (unpaired) electrons. The second kappa shape index (κ2) is 7.55. The number of anilines is 1. The van der Waals surface area contributed by atoms with Crippen molar-refractivity contribution in [3.8, 4) is 0 Å². The SMILES string of the molecule is S=C(Nc1cccnc1)NC1(CCc2ccccc2)CCCC1. The molecule has 0 bridgehead atoms. The Morgan fingerprint density at radius 1 is 1.09 bits per heavy atom. The molecule has 4 heteroatoms. The van der Waals surface area contributed by atoms with Crippen molar-refractivity contribution in [3.63, 3.8) is 0 Å². The summed E-state index contributed by atoms with van der Waals surface area (Å²) in [5.74, 6) is 0. The van der Waals surface area contributed by atoms with E-state index in [1.807, 2.05) is 12.1 Å². The van der Waals surface area contributed by atoms with Crippen molar-refractivity contribution in [1.82, 2.24) is 10.3 Å². The summed E-state index contributed by atoms with van der Waals surface area (Å²) < 4.78 is 0. The zero-order chi connectivity index (χ0) is 16.0. The van der Waals surface area contributed by atoms with Crippen molar-refractivity contribution in [2.45, 2.75) is 44.1 Å². The normalized spacial score (nSPS) is 16.0. The highest BCUT2D eigenvalue weighted by atomic mass is 32.1. The van der Waals surface area contributed by atoms with Crippen molar-refractivity contribution < 1.29 is 0 Å². The maximum atomic E-state index is 5.53. The number of thiocarbonyl (C=S) groups is 1. The number of nitrogens with zero attached hydrogens (tertiary/aromatic N) is 1. The summed E-state index contributed by atoms with van der Waals surface area (Å²) in [5.41, 5.74) is 2.45. The number of hydrogen-bond acceptors (Lipinski definition) is 2. The predicted octanol–water partition coefficient (Wildman–Crippen LogP) is 4.31. The molecule has 2 aromatic rings. The van der Waals surface area contributed by atoms with Gasteiger partial charge < -0.3 is 10.6 Å². The zero-order valence-electron chi connectivity index (χ0n) is 13.3. The third-order valence-electron chi connectivity index (χ3n) is 4.59. The van der Waals surface area contributed by atoms with Gasteiger partial charge in [-0.05, 0) is 55.6 Å². The van der Waals surface area contributed by atoms with Gasteiger partial charge in [0.05, 0.1) is 11.9 Å². The largest absolute Gasteiger partial charge is 0.357 e. The van der Waals surface area contributed by atoms with E-state index in [2.05, 4.69) is 45.9 Å². The molecular formula is C19H23N3S. The van der Waals surface area contributed by atoms with Gasteiger partial charge in [0.15, 0.2) is 5.11 Å². The van der Waals surface area contributed by atoms with E-state index in [4.69, 9.17) is 12.2 Å². The van der Waals surface area contributed by atoms with Crippen LogP contribution in [0.3, 0.4) is 0 Å². The molecule has 1 aliphatic rings. The maximum Gasteiger partial charge on any atom is 0.171 e. The fourth-order valence-electron chi connectivity index (χ4n) is 3.36. The molecule has 3 nitrogen and oxygen atoms in total. The van der Waals surface area contributed by atoms with Crippen LogP contribution in [0.25, 0.3) is 0 Å². The Morgan fingerprint density at radius 3 is 2.57 bits per heavy atom. The minimum atomic E-state index is 0.127. The van der Waals surface area contributed by atoms with E-state index < -0.39 is 0 Å². The molecule has 1 aromatic carbocycles. The number of pyridine rings is 1. The summed E-state index contributed by atoms with van der Waals surface area (Å²) in [7, 11) is 0. The molecule has 1 fully saturated rings. The number of aromatic nitrogens is 1. The highest BCUT2D eigenvalue weighted by molar-refractivity contribution is 7.80.